The fraction of sp³-hybridized carbons (Fsp3) is 0.636. The summed E-state index contributed by atoms with van der Waals surface area (Å²) in [6.45, 7) is 11.3. The predicted molar refractivity (Wildman–Crippen MR) is 160 cm³/mol. The van der Waals surface area contributed by atoms with Crippen LogP contribution >= 0.6 is 0 Å². The second kappa shape index (κ2) is 11.7. The second-order valence-electron chi connectivity index (χ2n) is 13.8. The number of hydrogen-bond acceptors (Lipinski definition) is 7. The number of amides is 4. The summed E-state index contributed by atoms with van der Waals surface area (Å²) < 4.78 is 11.9. The third kappa shape index (κ3) is 6.36. The number of imide groups is 1. The van der Waals surface area contributed by atoms with Crippen LogP contribution in [0.1, 0.15) is 92.8 Å². The van der Waals surface area contributed by atoms with Gasteiger partial charge >= 0.3 is 6.09 Å². The molecule has 2 saturated heterocycles. The summed E-state index contributed by atoms with van der Waals surface area (Å²) >= 11 is 0. The molecule has 0 aromatic heterocycles. The summed E-state index contributed by atoms with van der Waals surface area (Å²) in [5.74, 6) is -0.769. The molecule has 0 radical (unpaired) electrons. The Labute approximate surface area is 253 Å². The Balaban J connectivity index is 0.981. The van der Waals surface area contributed by atoms with Crippen LogP contribution < -0.4 is 5.32 Å². The summed E-state index contributed by atoms with van der Waals surface area (Å²) in [6, 6.07) is 4.16. The molecule has 1 N–H and O–H groups in total. The van der Waals surface area contributed by atoms with Crippen LogP contribution in [-0.4, -0.2) is 94.6 Å². The SMILES string of the molecule is Cc1cc(C2=CCN(C3CC(OC4CCN(C(=O)OC(C)(C)C)CC4)C3)CC2)cc2c1C(=O)N(C1CCC(=O)NC1=O)C2. The second-order valence-corrected chi connectivity index (χ2v) is 13.8. The topological polar surface area (TPSA) is 108 Å². The number of nitrogens with zero attached hydrogens (tertiary/aromatic N) is 3. The minimum atomic E-state index is -0.594. The standard InChI is InChI=1S/C33H44N4O6/c1-20-15-22(16-23-19-37(31(40)29(20)23)27-5-6-28(38)34-30(27)39)21-7-11-35(12-8-21)24-17-26(18-24)42-25-9-13-36(14-10-25)32(41)43-33(2,3)4/h7,15-16,24-27H,5-6,8-14,17-19H2,1-4H3,(H,34,38,39). The minimum Gasteiger partial charge on any atom is -0.444 e. The lowest BCUT2D eigenvalue weighted by Crippen LogP contribution is -2.52. The zero-order valence-corrected chi connectivity index (χ0v) is 25.8. The van der Waals surface area contributed by atoms with Gasteiger partial charge in [-0.3, -0.25) is 24.6 Å². The molecule has 5 aliphatic rings. The summed E-state index contributed by atoms with van der Waals surface area (Å²) in [5, 5.41) is 2.38. The number of hydrogen-bond donors (Lipinski definition) is 1. The van der Waals surface area contributed by atoms with Gasteiger partial charge in [-0.05, 0) is 94.5 Å². The highest BCUT2D eigenvalue weighted by Crippen LogP contribution is 2.36. The molecule has 1 aromatic rings. The first-order valence-corrected chi connectivity index (χ1v) is 15.8. The van der Waals surface area contributed by atoms with Crippen LogP contribution in [0.2, 0.25) is 0 Å². The Hall–Kier alpha value is -3.24. The van der Waals surface area contributed by atoms with Crippen LogP contribution in [0.25, 0.3) is 5.57 Å². The molecule has 4 amide bonds. The van der Waals surface area contributed by atoms with Crippen LogP contribution in [-0.2, 0) is 25.6 Å². The van der Waals surface area contributed by atoms with E-state index in [0.717, 1.165) is 61.9 Å². The molecule has 10 heteroatoms. The number of benzene rings is 1. The fourth-order valence-electron chi connectivity index (χ4n) is 7.11. The van der Waals surface area contributed by atoms with Gasteiger partial charge in [-0.15, -0.1) is 0 Å². The molecule has 4 heterocycles. The Morgan fingerprint density at radius 1 is 0.977 bits per heavy atom. The van der Waals surface area contributed by atoms with E-state index in [1.165, 1.54) is 5.57 Å². The first-order chi connectivity index (χ1) is 20.4. The van der Waals surface area contributed by atoms with E-state index in [4.69, 9.17) is 9.47 Å². The van der Waals surface area contributed by atoms with Gasteiger partial charge in [0.15, 0.2) is 0 Å². The molecule has 0 bridgehead atoms. The van der Waals surface area contributed by atoms with Gasteiger partial charge in [-0.1, -0.05) is 12.1 Å². The molecule has 1 saturated carbocycles. The van der Waals surface area contributed by atoms with Crippen molar-refractivity contribution in [1.29, 1.82) is 0 Å². The first-order valence-electron chi connectivity index (χ1n) is 15.8. The van der Waals surface area contributed by atoms with Gasteiger partial charge in [0, 0.05) is 50.7 Å². The van der Waals surface area contributed by atoms with Crippen molar-refractivity contribution in [2.45, 2.75) is 109 Å². The highest BCUT2D eigenvalue weighted by atomic mass is 16.6. The number of fused-ring (bicyclic) bond motifs is 1. The summed E-state index contributed by atoms with van der Waals surface area (Å²) in [7, 11) is 0. The maximum atomic E-state index is 13.2. The molecule has 4 aliphatic heterocycles. The molecule has 6 rings (SSSR count). The lowest BCUT2D eigenvalue weighted by atomic mass is 9.85. The first kappa shape index (κ1) is 29.8. The zero-order chi connectivity index (χ0) is 30.5. The number of ether oxygens (including phenoxy) is 2. The van der Waals surface area contributed by atoms with Crippen molar-refractivity contribution in [2.24, 2.45) is 0 Å². The van der Waals surface area contributed by atoms with E-state index in [-0.39, 0.29) is 42.4 Å². The summed E-state index contributed by atoms with van der Waals surface area (Å²) in [4.78, 5) is 55.5. The third-order valence-corrected chi connectivity index (χ3v) is 9.50. The molecule has 10 nitrogen and oxygen atoms in total. The number of carbonyl (C=O) groups excluding carboxylic acids is 4. The molecule has 1 atom stereocenters. The monoisotopic (exact) mass is 592 g/mol. The van der Waals surface area contributed by atoms with Crippen molar-refractivity contribution in [3.63, 3.8) is 0 Å². The molecule has 43 heavy (non-hydrogen) atoms. The zero-order valence-electron chi connectivity index (χ0n) is 25.8. The van der Waals surface area contributed by atoms with Crippen molar-refractivity contribution in [3.05, 3.63) is 40.5 Å². The highest BCUT2D eigenvalue weighted by Gasteiger charge is 2.41. The quantitative estimate of drug-likeness (QED) is 0.519. The van der Waals surface area contributed by atoms with E-state index >= 15 is 0 Å². The molecule has 1 aliphatic carbocycles. The van der Waals surface area contributed by atoms with Crippen LogP contribution in [0.5, 0.6) is 0 Å². The number of rotatable bonds is 5. The van der Waals surface area contributed by atoms with Crippen molar-refractivity contribution in [3.8, 4) is 0 Å². The van der Waals surface area contributed by atoms with Crippen molar-refractivity contribution < 1.29 is 28.7 Å². The Morgan fingerprint density at radius 2 is 1.72 bits per heavy atom. The Kier molecular flexibility index (Phi) is 8.10. The van der Waals surface area contributed by atoms with Crippen LogP contribution in [0.3, 0.4) is 0 Å². The number of nitrogens with one attached hydrogen (secondary N) is 1. The average molecular weight is 593 g/mol. The largest absolute Gasteiger partial charge is 0.444 e. The number of carbonyl (C=O) groups is 4. The van der Waals surface area contributed by atoms with Gasteiger partial charge in [-0.2, -0.15) is 0 Å². The normalized spacial score (nSPS) is 27.0. The van der Waals surface area contributed by atoms with Crippen molar-refractivity contribution in [2.75, 3.05) is 26.2 Å². The van der Waals surface area contributed by atoms with Gasteiger partial charge < -0.3 is 19.3 Å². The van der Waals surface area contributed by atoms with E-state index in [0.29, 0.717) is 37.7 Å². The minimum absolute atomic E-state index is 0.118. The van der Waals surface area contributed by atoms with E-state index in [9.17, 15) is 19.2 Å². The Morgan fingerprint density at radius 3 is 2.37 bits per heavy atom. The van der Waals surface area contributed by atoms with Gasteiger partial charge in [-0.25, -0.2) is 4.79 Å². The molecule has 1 unspecified atom stereocenters. The average Bonchev–Trinajstić information content (AvgIpc) is 3.26. The smallest absolute Gasteiger partial charge is 0.410 e. The highest BCUT2D eigenvalue weighted by molar-refractivity contribution is 6.06. The molecule has 232 valence electrons. The van der Waals surface area contributed by atoms with Crippen molar-refractivity contribution in [1.82, 2.24) is 20.0 Å². The lowest BCUT2D eigenvalue weighted by Gasteiger charge is -2.45. The van der Waals surface area contributed by atoms with E-state index in [1.807, 2.05) is 27.7 Å². The third-order valence-electron chi connectivity index (χ3n) is 9.50. The predicted octanol–water partition coefficient (Wildman–Crippen LogP) is 3.79. The van der Waals surface area contributed by atoms with E-state index in [1.54, 1.807) is 9.80 Å². The van der Waals surface area contributed by atoms with Crippen LogP contribution in [0, 0.1) is 6.92 Å². The summed E-state index contributed by atoms with van der Waals surface area (Å²) in [6.07, 6.45) is 7.97. The molecule has 0 spiro atoms. The molecular formula is C33H44N4O6. The molecule has 1 aromatic carbocycles. The van der Waals surface area contributed by atoms with Gasteiger partial charge in [0.1, 0.15) is 11.6 Å². The summed E-state index contributed by atoms with van der Waals surface area (Å²) in [5.41, 5.74) is 4.58. The number of likely N-dealkylation sites (tertiary alicyclic amines) is 1. The number of piperidine rings is 2. The van der Waals surface area contributed by atoms with E-state index in [2.05, 4.69) is 28.4 Å². The van der Waals surface area contributed by atoms with Gasteiger partial charge in [0.25, 0.3) is 5.91 Å². The van der Waals surface area contributed by atoms with Crippen molar-refractivity contribution >= 4 is 29.4 Å². The molecular weight excluding hydrogens is 548 g/mol. The van der Waals surface area contributed by atoms with Crippen LogP contribution in [0.4, 0.5) is 4.79 Å². The maximum absolute atomic E-state index is 13.2. The van der Waals surface area contributed by atoms with Gasteiger partial charge in [0.2, 0.25) is 11.8 Å². The fourth-order valence-corrected chi connectivity index (χ4v) is 7.11. The molecule has 3 fully saturated rings. The Bertz CT molecular complexity index is 1340. The maximum Gasteiger partial charge on any atom is 0.410 e. The van der Waals surface area contributed by atoms with E-state index < -0.39 is 11.6 Å². The lowest BCUT2D eigenvalue weighted by molar-refractivity contribution is -0.136. The van der Waals surface area contributed by atoms with Crippen LogP contribution in [0.15, 0.2) is 18.2 Å². The number of aryl methyl sites for hydroxylation is 1. The van der Waals surface area contributed by atoms with Gasteiger partial charge in [0.05, 0.1) is 12.2 Å².